The molecule has 1 fully saturated rings. The Kier molecular flexibility index (Phi) is 4.51. The quantitative estimate of drug-likeness (QED) is 0.867. The van der Waals surface area contributed by atoms with Gasteiger partial charge >= 0.3 is 5.97 Å². The van der Waals surface area contributed by atoms with Crippen molar-refractivity contribution in [1.29, 1.82) is 0 Å². The van der Waals surface area contributed by atoms with Crippen molar-refractivity contribution >= 4 is 27.3 Å². The summed E-state index contributed by atoms with van der Waals surface area (Å²) in [7, 11) is -3.79. The molecule has 1 aromatic rings. The molecular weight excluding hydrogens is 298 g/mol. The minimum absolute atomic E-state index is 0.00569. The number of aryl methyl sites for hydroxylation is 1. The third-order valence-electron chi connectivity index (χ3n) is 3.67. The topological polar surface area (TPSA) is 86.5 Å². The molecule has 1 aliphatic carbocycles. The van der Waals surface area contributed by atoms with E-state index in [-0.39, 0.29) is 11.0 Å². The smallest absolute Gasteiger partial charge is 0.348 e. The Morgan fingerprint density at radius 1 is 1.40 bits per heavy atom. The predicted molar refractivity (Wildman–Crippen MR) is 77.3 cm³/mol. The third kappa shape index (κ3) is 3.39. The van der Waals surface area contributed by atoms with Crippen LogP contribution >= 0.6 is 11.3 Å². The highest BCUT2D eigenvalue weighted by Crippen LogP contribution is 2.29. The fourth-order valence-corrected chi connectivity index (χ4v) is 4.53. The summed E-state index contributed by atoms with van der Waals surface area (Å²) in [6.07, 6.45) is 4.09. The number of sulfonamides is 1. The van der Waals surface area contributed by atoms with E-state index in [1.165, 1.54) is 12.5 Å². The largest absolute Gasteiger partial charge is 0.458 e. The van der Waals surface area contributed by atoms with Gasteiger partial charge in [0.2, 0.25) is 10.0 Å². The number of hydrogen-bond acceptors (Lipinski definition) is 5. The van der Waals surface area contributed by atoms with Crippen LogP contribution in [0, 0.1) is 12.8 Å². The zero-order valence-corrected chi connectivity index (χ0v) is 13.2. The van der Waals surface area contributed by atoms with E-state index in [2.05, 4.69) is 6.92 Å². The molecule has 0 amide bonds. The molecule has 0 radical (unpaired) electrons. The lowest BCUT2D eigenvalue weighted by molar-refractivity contribution is 0.00532. The highest BCUT2D eigenvalue weighted by Gasteiger charge is 2.27. The number of thiophene rings is 1. The molecule has 5 nitrogen and oxygen atoms in total. The van der Waals surface area contributed by atoms with Gasteiger partial charge in [-0.3, -0.25) is 0 Å². The molecule has 7 heteroatoms. The van der Waals surface area contributed by atoms with Crippen molar-refractivity contribution in [3.63, 3.8) is 0 Å². The Labute approximate surface area is 123 Å². The number of rotatable bonds is 3. The van der Waals surface area contributed by atoms with Gasteiger partial charge in [0.15, 0.2) is 0 Å². The minimum atomic E-state index is -3.79. The SMILES string of the molecule is Cc1sc(C(=O)OC2CCCCC2C)cc1S(N)(=O)=O. The second-order valence-corrected chi connectivity index (χ2v) is 8.07. The molecule has 1 saturated carbocycles. The van der Waals surface area contributed by atoms with Crippen molar-refractivity contribution in [2.75, 3.05) is 0 Å². The van der Waals surface area contributed by atoms with E-state index >= 15 is 0 Å². The summed E-state index contributed by atoms with van der Waals surface area (Å²) >= 11 is 1.11. The molecule has 0 aromatic carbocycles. The summed E-state index contributed by atoms with van der Waals surface area (Å²) in [5.41, 5.74) is 0. The molecule has 20 heavy (non-hydrogen) atoms. The van der Waals surface area contributed by atoms with Gasteiger partial charge in [-0.1, -0.05) is 13.3 Å². The van der Waals surface area contributed by atoms with Crippen LogP contribution < -0.4 is 5.14 Å². The molecule has 0 bridgehead atoms. The van der Waals surface area contributed by atoms with Gasteiger partial charge in [0.05, 0.1) is 4.90 Å². The van der Waals surface area contributed by atoms with E-state index in [1.807, 2.05) is 0 Å². The Bertz CT molecular complexity index is 606. The summed E-state index contributed by atoms with van der Waals surface area (Å²) in [5.74, 6) is -0.0989. The fraction of sp³-hybridized carbons (Fsp3) is 0.615. The molecule has 2 atom stereocenters. The Morgan fingerprint density at radius 2 is 2.05 bits per heavy atom. The van der Waals surface area contributed by atoms with E-state index < -0.39 is 16.0 Å². The highest BCUT2D eigenvalue weighted by molar-refractivity contribution is 7.89. The molecule has 0 spiro atoms. The Hall–Kier alpha value is -0.920. The van der Waals surface area contributed by atoms with Crippen LogP contribution in [-0.4, -0.2) is 20.5 Å². The monoisotopic (exact) mass is 317 g/mol. The number of nitrogens with two attached hydrogens (primary N) is 1. The zero-order valence-electron chi connectivity index (χ0n) is 11.6. The van der Waals surface area contributed by atoms with Gasteiger partial charge in [0, 0.05) is 4.88 Å². The summed E-state index contributed by atoms with van der Waals surface area (Å²) in [4.78, 5) is 12.9. The third-order valence-corrected chi connectivity index (χ3v) is 5.87. The molecular formula is C13H19NO4S2. The van der Waals surface area contributed by atoms with Crippen LogP contribution in [0.15, 0.2) is 11.0 Å². The molecule has 0 saturated heterocycles. The van der Waals surface area contributed by atoms with Gasteiger partial charge in [-0.2, -0.15) is 0 Å². The number of esters is 1. The first kappa shape index (κ1) is 15.5. The molecule has 0 aliphatic heterocycles. The van der Waals surface area contributed by atoms with Crippen molar-refractivity contribution < 1.29 is 17.9 Å². The van der Waals surface area contributed by atoms with Crippen molar-refractivity contribution in [3.05, 3.63) is 15.8 Å². The average molecular weight is 317 g/mol. The van der Waals surface area contributed by atoms with Crippen molar-refractivity contribution in [2.45, 2.75) is 50.5 Å². The zero-order chi connectivity index (χ0) is 14.9. The van der Waals surface area contributed by atoms with Gasteiger partial charge in [-0.15, -0.1) is 11.3 Å². The molecule has 1 aromatic heterocycles. The lowest BCUT2D eigenvalue weighted by Gasteiger charge is -2.28. The highest BCUT2D eigenvalue weighted by atomic mass is 32.2. The van der Waals surface area contributed by atoms with Gasteiger partial charge in [0.1, 0.15) is 11.0 Å². The average Bonchev–Trinajstić information content (AvgIpc) is 2.74. The predicted octanol–water partition coefficient (Wildman–Crippen LogP) is 2.44. The number of carbonyl (C=O) groups excluding carboxylic acids is 1. The summed E-state index contributed by atoms with van der Waals surface area (Å²) in [5, 5.41) is 5.10. The van der Waals surface area contributed by atoms with Crippen LogP contribution in [0.1, 0.15) is 47.2 Å². The van der Waals surface area contributed by atoms with Crippen LogP contribution in [0.5, 0.6) is 0 Å². The standard InChI is InChI=1S/C13H19NO4S2/c1-8-5-3-4-6-10(8)18-13(15)11-7-12(9(2)19-11)20(14,16)17/h7-8,10H,3-6H2,1-2H3,(H2,14,16,17). The van der Waals surface area contributed by atoms with Gasteiger partial charge in [-0.25, -0.2) is 18.4 Å². The van der Waals surface area contributed by atoms with Crippen molar-refractivity contribution in [2.24, 2.45) is 11.1 Å². The fourth-order valence-electron chi connectivity index (χ4n) is 2.50. The molecule has 2 N–H and O–H groups in total. The normalized spacial score (nSPS) is 23.6. The van der Waals surface area contributed by atoms with E-state index in [1.54, 1.807) is 6.92 Å². The lowest BCUT2D eigenvalue weighted by Crippen LogP contribution is -2.28. The maximum absolute atomic E-state index is 12.1. The maximum atomic E-state index is 12.1. The lowest BCUT2D eigenvalue weighted by atomic mass is 9.88. The van der Waals surface area contributed by atoms with Crippen LogP contribution in [0.3, 0.4) is 0 Å². The van der Waals surface area contributed by atoms with Crippen molar-refractivity contribution in [1.82, 2.24) is 0 Å². The first-order chi connectivity index (χ1) is 9.29. The van der Waals surface area contributed by atoms with Crippen LogP contribution in [0.25, 0.3) is 0 Å². The molecule has 1 heterocycles. The summed E-state index contributed by atoms with van der Waals surface area (Å²) < 4.78 is 28.2. The second kappa shape index (κ2) is 5.83. The van der Waals surface area contributed by atoms with Crippen LogP contribution in [-0.2, 0) is 14.8 Å². The first-order valence-electron chi connectivity index (χ1n) is 6.63. The summed E-state index contributed by atoms with van der Waals surface area (Å²) in [6.45, 7) is 3.71. The van der Waals surface area contributed by atoms with Crippen molar-refractivity contribution in [3.8, 4) is 0 Å². The van der Waals surface area contributed by atoms with Gasteiger partial charge in [-0.05, 0) is 38.2 Å². The molecule has 112 valence electrons. The number of hydrogen-bond donors (Lipinski definition) is 1. The first-order valence-corrected chi connectivity index (χ1v) is 8.99. The van der Waals surface area contributed by atoms with Crippen LogP contribution in [0.4, 0.5) is 0 Å². The Morgan fingerprint density at radius 3 is 2.60 bits per heavy atom. The van der Waals surface area contributed by atoms with E-state index in [4.69, 9.17) is 9.88 Å². The Balaban J connectivity index is 2.14. The number of carbonyl (C=O) groups is 1. The molecule has 2 unspecified atom stereocenters. The van der Waals surface area contributed by atoms with E-state index in [0.717, 1.165) is 30.6 Å². The van der Waals surface area contributed by atoms with E-state index in [9.17, 15) is 13.2 Å². The van der Waals surface area contributed by atoms with Gasteiger partial charge < -0.3 is 4.74 Å². The maximum Gasteiger partial charge on any atom is 0.348 e. The minimum Gasteiger partial charge on any atom is -0.458 e. The molecule has 2 rings (SSSR count). The second-order valence-electron chi connectivity index (χ2n) is 5.28. The van der Waals surface area contributed by atoms with Gasteiger partial charge in [0.25, 0.3) is 0 Å². The van der Waals surface area contributed by atoms with E-state index in [0.29, 0.717) is 15.7 Å². The number of primary sulfonamides is 1. The molecule has 1 aliphatic rings. The summed E-state index contributed by atoms with van der Waals surface area (Å²) in [6, 6.07) is 1.31. The van der Waals surface area contributed by atoms with Crippen LogP contribution in [0.2, 0.25) is 0 Å². The number of ether oxygens (including phenoxy) is 1.